The second kappa shape index (κ2) is 11.9. The number of aryl methyl sites for hydroxylation is 1. The molecule has 1 amide bonds. The lowest BCUT2D eigenvalue weighted by molar-refractivity contribution is 0.102. The van der Waals surface area contributed by atoms with Gasteiger partial charge in [0.25, 0.3) is 5.91 Å². The average molecular weight is 601 g/mol. The van der Waals surface area contributed by atoms with E-state index in [0.717, 1.165) is 39.6 Å². The molecular weight excluding hydrogens is 564 g/mol. The molecule has 4 N–H and O–H groups in total. The molecule has 0 aliphatic carbocycles. The van der Waals surface area contributed by atoms with Crippen LogP contribution < -0.4 is 30.7 Å². The van der Waals surface area contributed by atoms with Crippen LogP contribution in [0.3, 0.4) is 0 Å². The first kappa shape index (κ1) is 29.8. The zero-order chi connectivity index (χ0) is 30.9. The molecular formula is C31H36N8O3S. The molecule has 1 aliphatic heterocycles. The fraction of sp³-hybridized carbons (Fsp3) is 0.258. The largest absolute Gasteiger partial charge is 0.492 e. The molecule has 4 aromatic rings. The van der Waals surface area contributed by atoms with Crippen LogP contribution in [0.5, 0.6) is 5.75 Å². The molecule has 224 valence electrons. The van der Waals surface area contributed by atoms with Gasteiger partial charge in [-0.2, -0.15) is 5.10 Å². The maximum absolute atomic E-state index is 13.6. The molecule has 0 spiro atoms. The number of pyridine rings is 1. The summed E-state index contributed by atoms with van der Waals surface area (Å²) in [6.07, 6.45) is 7.00. The smallest absolute Gasteiger partial charge is 0.255 e. The van der Waals surface area contributed by atoms with Crippen LogP contribution in [0.15, 0.2) is 67.1 Å². The van der Waals surface area contributed by atoms with Gasteiger partial charge in [-0.25, -0.2) is 13.9 Å². The third kappa shape index (κ3) is 6.25. The maximum Gasteiger partial charge on any atom is 0.255 e. The molecule has 2 aromatic carbocycles. The fourth-order valence-corrected chi connectivity index (χ4v) is 5.24. The number of benzene rings is 2. The molecule has 0 saturated carbocycles. The molecule has 0 bridgehead atoms. The third-order valence-electron chi connectivity index (χ3n) is 7.13. The molecule has 1 unspecified atom stereocenters. The van der Waals surface area contributed by atoms with Crippen LogP contribution in [-0.2, 0) is 16.4 Å². The van der Waals surface area contributed by atoms with E-state index in [0.29, 0.717) is 22.7 Å². The van der Waals surface area contributed by atoms with Crippen LogP contribution in [0.2, 0.25) is 0 Å². The number of hydrazine groups is 2. The van der Waals surface area contributed by atoms with Crippen molar-refractivity contribution in [2.45, 2.75) is 40.0 Å². The highest BCUT2D eigenvalue weighted by Gasteiger charge is 2.24. The number of hydrogen-bond acceptors (Lipinski definition) is 8. The van der Waals surface area contributed by atoms with Crippen LogP contribution in [0, 0.1) is 13.8 Å². The lowest BCUT2D eigenvalue weighted by atomic mass is 9.86. The fourth-order valence-electron chi connectivity index (χ4n) is 4.77. The van der Waals surface area contributed by atoms with Crippen molar-refractivity contribution < 1.29 is 13.7 Å². The van der Waals surface area contributed by atoms with E-state index in [1.54, 1.807) is 29.4 Å². The van der Waals surface area contributed by atoms with Gasteiger partial charge in [0.1, 0.15) is 11.0 Å². The number of ether oxygens (including phenoxy) is 1. The molecule has 12 heteroatoms. The Balaban J connectivity index is 1.43. The van der Waals surface area contributed by atoms with Crippen molar-refractivity contribution in [2.75, 3.05) is 28.4 Å². The summed E-state index contributed by atoms with van der Waals surface area (Å²) in [7, 11) is 0.191. The number of methoxy groups -OCH3 is 1. The maximum atomic E-state index is 13.6. The van der Waals surface area contributed by atoms with E-state index in [1.165, 1.54) is 7.11 Å². The molecule has 3 heterocycles. The van der Waals surface area contributed by atoms with E-state index in [4.69, 9.17) is 4.74 Å². The molecule has 0 fully saturated rings. The van der Waals surface area contributed by atoms with E-state index in [1.807, 2.05) is 67.5 Å². The van der Waals surface area contributed by atoms with E-state index < -0.39 is 11.0 Å². The first-order valence-electron chi connectivity index (χ1n) is 13.7. The number of anilines is 3. The van der Waals surface area contributed by atoms with Crippen molar-refractivity contribution in [1.29, 1.82) is 0 Å². The van der Waals surface area contributed by atoms with Crippen molar-refractivity contribution in [3.05, 3.63) is 95.1 Å². The highest BCUT2D eigenvalue weighted by molar-refractivity contribution is 7.85. The molecule has 1 aliphatic rings. The van der Waals surface area contributed by atoms with E-state index >= 15 is 0 Å². The summed E-state index contributed by atoms with van der Waals surface area (Å²) >= 11 is 0. The normalized spacial score (nSPS) is 13.7. The van der Waals surface area contributed by atoms with Crippen LogP contribution in [0.4, 0.5) is 17.1 Å². The summed E-state index contributed by atoms with van der Waals surface area (Å²) in [5.74, 6) is 0.834. The number of carbonyl (C=O) groups excluding carboxylic acids is 1. The molecule has 1 atom stereocenters. The Bertz CT molecular complexity index is 1730. The Hall–Kier alpha value is -4.68. The summed E-state index contributed by atoms with van der Waals surface area (Å²) in [6.45, 7) is 10.2. The minimum absolute atomic E-state index is 0.223. The van der Waals surface area contributed by atoms with Crippen molar-refractivity contribution in [2.24, 2.45) is 0 Å². The lowest BCUT2D eigenvalue weighted by Crippen LogP contribution is -2.36. The van der Waals surface area contributed by atoms with Gasteiger partial charge in [0.05, 0.1) is 41.8 Å². The Labute approximate surface area is 253 Å². The second-order valence-corrected chi connectivity index (χ2v) is 12.4. The molecule has 43 heavy (non-hydrogen) atoms. The first-order chi connectivity index (χ1) is 20.5. The number of rotatable bonds is 8. The summed E-state index contributed by atoms with van der Waals surface area (Å²) in [5.41, 5.74) is 13.0. The Morgan fingerprint density at radius 3 is 2.51 bits per heavy atom. The van der Waals surface area contributed by atoms with E-state index in [2.05, 4.69) is 51.9 Å². The zero-order valence-corrected chi connectivity index (χ0v) is 26.1. The monoisotopic (exact) mass is 600 g/mol. The van der Waals surface area contributed by atoms with E-state index in [9.17, 15) is 9.00 Å². The summed E-state index contributed by atoms with van der Waals surface area (Å²) < 4.78 is 22.4. The van der Waals surface area contributed by atoms with Crippen LogP contribution >= 0.6 is 0 Å². The van der Waals surface area contributed by atoms with Gasteiger partial charge in [0.2, 0.25) is 0 Å². The topological polar surface area (TPSA) is 125 Å². The zero-order valence-electron chi connectivity index (χ0n) is 25.3. The predicted molar refractivity (Wildman–Crippen MR) is 171 cm³/mol. The minimum Gasteiger partial charge on any atom is -0.492 e. The predicted octanol–water partition coefficient (Wildman–Crippen LogP) is 4.98. The van der Waals surface area contributed by atoms with Crippen LogP contribution in [0.1, 0.15) is 53.5 Å². The quantitative estimate of drug-likeness (QED) is 0.223. The number of nitrogens with zero attached hydrogens (tertiary/aromatic N) is 4. The van der Waals surface area contributed by atoms with Gasteiger partial charge >= 0.3 is 0 Å². The van der Waals surface area contributed by atoms with Crippen LogP contribution in [-0.4, -0.2) is 38.2 Å². The number of hydrogen-bond donors (Lipinski definition) is 4. The molecule has 0 radical (unpaired) electrons. The van der Waals surface area contributed by atoms with Gasteiger partial charge < -0.3 is 20.2 Å². The number of nitrogens with one attached hydrogen (secondary N) is 4. The van der Waals surface area contributed by atoms with Gasteiger partial charge in [-0.05, 0) is 66.8 Å². The molecule has 11 nitrogen and oxygen atoms in total. The number of amides is 1. The Kier molecular flexibility index (Phi) is 8.25. The van der Waals surface area contributed by atoms with Gasteiger partial charge in [-0.3, -0.25) is 9.80 Å². The first-order valence-corrected chi connectivity index (χ1v) is 15.3. The molecule has 0 saturated heterocycles. The summed E-state index contributed by atoms with van der Waals surface area (Å²) in [5, 5.41) is 9.37. The number of carbonyl (C=O) groups is 1. The van der Waals surface area contributed by atoms with E-state index in [-0.39, 0.29) is 11.3 Å². The SMILES string of the molecule is COc1c(NC(=O)c2ccc(C)c(N3C=C(c4cnn(-c5ccccn5)c4C)NN3)c2)cc(C(C)(C)C)cc1NS(C)=O. The second-order valence-electron chi connectivity index (χ2n) is 11.3. The van der Waals surface area contributed by atoms with Crippen molar-refractivity contribution in [3.8, 4) is 11.6 Å². The average Bonchev–Trinajstić information content (AvgIpc) is 3.59. The van der Waals surface area contributed by atoms with Crippen LogP contribution in [0.25, 0.3) is 11.5 Å². The van der Waals surface area contributed by atoms with Crippen molar-refractivity contribution >= 4 is 39.7 Å². The summed E-state index contributed by atoms with van der Waals surface area (Å²) in [6, 6.07) is 15.0. The molecule has 2 aromatic heterocycles. The Morgan fingerprint density at radius 2 is 1.84 bits per heavy atom. The lowest BCUT2D eigenvalue weighted by Gasteiger charge is -2.24. The third-order valence-corrected chi connectivity index (χ3v) is 7.63. The Morgan fingerprint density at radius 1 is 1.07 bits per heavy atom. The van der Waals surface area contributed by atoms with Gasteiger partial charge in [-0.1, -0.05) is 32.9 Å². The van der Waals surface area contributed by atoms with Gasteiger partial charge in [0, 0.05) is 29.8 Å². The molecule has 5 rings (SSSR count). The van der Waals surface area contributed by atoms with Crippen molar-refractivity contribution in [1.82, 2.24) is 25.7 Å². The van der Waals surface area contributed by atoms with Crippen molar-refractivity contribution in [3.63, 3.8) is 0 Å². The standard InChI is InChI=1S/C31H36N8O3S/c1-19-11-12-21(30(40)34-24-15-22(31(3,4)5)16-25(29(24)42-6)36-43(7)41)14-27(19)38-18-26(35-37-38)23-17-33-39(20(23)2)28-10-8-9-13-32-28/h8-18,35-37H,1-7H3,(H,34,40). The number of aromatic nitrogens is 3. The minimum atomic E-state index is -1.33. The van der Waals surface area contributed by atoms with Gasteiger partial charge in [0.15, 0.2) is 11.6 Å². The highest BCUT2D eigenvalue weighted by atomic mass is 32.2. The van der Waals surface area contributed by atoms with Gasteiger partial charge in [-0.15, -0.1) is 5.53 Å². The summed E-state index contributed by atoms with van der Waals surface area (Å²) in [4.78, 5) is 18.0. The highest BCUT2D eigenvalue weighted by Crippen LogP contribution is 2.39.